The lowest BCUT2D eigenvalue weighted by Gasteiger charge is -2.08. The van der Waals surface area contributed by atoms with Crippen molar-refractivity contribution in [3.05, 3.63) is 23.2 Å². The van der Waals surface area contributed by atoms with E-state index in [-0.39, 0.29) is 11.9 Å². The van der Waals surface area contributed by atoms with Crippen molar-refractivity contribution in [3.63, 3.8) is 0 Å². The molecule has 78 valence electrons. The highest BCUT2D eigenvalue weighted by Gasteiger charge is 2.09. The van der Waals surface area contributed by atoms with Gasteiger partial charge in [-0.3, -0.25) is 4.79 Å². The first-order valence-corrected chi connectivity index (χ1v) is 4.59. The third-order valence-corrected chi connectivity index (χ3v) is 2.17. The average molecular weight is 196 g/mol. The van der Waals surface area contributed by atoms with Gasteiger partial charge >= 0.3 is 0 Å². The lowest BCUT2D eigenvalue weighted by atomic mass is 10.2. The van der Waals surface area contributed by atoms with E-state index in [1.54, 1.807) is 6.92 Å². The Morgan fingerprint density at radius 1 is 1.64 bits per heavy atom. The number of carbonyl (C=O) groups excluding carboxylic acids is 1. The van der Waals surface area contributed by atoms with Gasteiger partial charge in [-0.2, -0.15) is 0 Å². The molecule has 14 heavy (non-hydrogen) atoms. The first kappa shape index (κ1) is 10.8. The lowest BCUT2D eigenvalue weighted by Crippen LogP contribution is -2.38. The highest BCUT2D eigenvalue weighted by molar-refractivity contribution is 5.79. The van der Waals surface area contributed by atoms with Gasteiger partial charge < -0.3 is 15.5 Å². The molecule has 0 aliphatic heterocycles. The van der Waals surface area contributed by atoms with Crippen LogP contribution in [-0.2, 0) is 11.3 Å². The van der Waals surface area contributed by atoms with E-state index < -0.39 is 0 Å². The van der Waals surface area contributed by atoms with E-state index in [0.29, 0.717) is 6.54 Å². The Morgan fingerprint density at radius 2 is 2.29 bits per heavy atom. The SMILES string of the molecule is Cc1cc(CN[C@@H](C)C(N)=O)c(C)o1. The van der Waals surface area contributed by atoms with Gasteiger partial charge in [0.2, 0.25) is 5.91 Å². The van der Waals surface area contributed by atoms with E-state index in [4.69, 9.17) is 10.2 Å². The predicted molar refractivity (Wildman–Crippen MR) is 53.7 cm³/mol. The summed E-state index contributed by atoms with van der Waals surface area (Å²) >= 11 is 0. The van der Waals surface area contributed by atoms with Crippen LogP contribution in [0.5, 0.6) is 0 Å². The molecule has 0 radical (unpaired) electrons. The number of aryl methyl sites for hydroxylation is 2. The zero-order valence-corrected chi connectivity index (χ0v) is 8.76. The Kier molecular flexibility index (Phi) is 3.30. The number of primary amides is 1. The molecule has 1 rings (SSSR count). The number of hydrogen-bond donors (Lipinski definition) is 2. The lowest BCUT2D eigenvalue weighted by molar-refractivity contribution is -0.119. The maximum absolute atomic E-state index is 10.7. The zero-order valence-electron chi connectivity index (χ0n) is 8.76. The minimum absolute atomic E-state index is 0.315. The van der Waals surface area contributed by atoms with Crippen molar-refractivity contribution in [1.82, 2.24) is 5.32 Å². The molecule has 1 aromatic heterocycles. The van der Waals surface area contributed by atoms with Gasteiger partial charge in [-0.15, -0.1) is 0 Å². The van der Waals surface area contributed by atoms with Crippen LogP contribution in [0.1, 0.15) is 24.0 Å². The topological polar surface area (TPSA) is 68.3 Å². The van der Waals surface area contributed by atoms with E-state index in [1.807, 2.05) is 19.9 Å². The van der Waals surface area contributed by atoms with Crippen molar-refractivity contribution in [2.75, 3.05) is 0 Å². The first-order valence-electron chi connectivity index (χ1n) is 4.59. The normalized spacial score (nSPS) is 12.8. The number of nitrogens with one attached hydrogen (secondary N) is 1. The second kappa shape index (κ2) is 4.28. The summed E-state index contributed by atoms with van der Waals surface area (Å²) in [5.41, 5.74) is 6.18. The summed E-state index contributed by atoms with van der Waals surface area (Å²) in [6.07, 6.45) is 0. The fourth-order valence-corrected chi connectivity index (χ4v) is 1.22. The van der Waals surface area contributed by atoms with E-state index in [1.165, 1.54) is 0 Å². The summed E-state index contributed by atoms with van der Waals surface area (Å²) in [6.45, 7) is 6.14. The van der Waals surface area contributed by atoms with E-state index in [9.17, 15) is 4.79 Å². The summed E-state index contributed by atoms with van der Waals surface area (Å²) in [6, 6.07) is 1.64. The Balaban J connectivity index is 2.53. The fourth-order valence-electron chi connectivity index (χ4n) is 1.22. The number of hydrogen-bond acceptors (Lipinski definition) is 3. The van der Waals surface area contributed by atoms with Crippen molar-refractivity contribution in [2.45, 2.75) is 33.4 Å². The highest BCUT2D eigenvalue weighted by Crippen LogP contribution is 2.13. The quantitative estimate of drug-likeness (QED) is 0.750. The standard InChI is InChI=1S/C10H16N2O2/c1-6-4-9(8(3)14-6)5-12-7(2)10(11)13/h4,7,12H,5H2,1-3H3,(H2,11,13)/t7-/m0/s1. The van der Waals surface area contributed by atoms with Gasteiger partial charge in [0.25, 0.3) is 0 Å². The average Bonchev–Trinajstić information content (AvgIpc) is 2.40. The van der Waals surface area contributed by atoms with Crippen molar-refractivity contribution < 1.29 is 9.21 Å². The van der Waals surface area contributed by atoms with Crippen LogP contribution in [-0.4, -0.2) is 11.9 Å². The summed E-state index contributed by atoms with van der Waals surface area (Å²) in [5, 5.41) is 3.02. The molecule has 1 atom stereocenters. The second-order valence-corrected chi connectivity index (χ2v) is 3.44. The summed E-state index contributed by atoms with van der Waals surface area (Å²) in [7, 11) is 0. The van der Waals surface area contributed by atoms with Crippen LogP contribution < -0.4 is 11.1 Å². The third-order valence-electron chi connectivity index (χ3n) is 2.17. The van der Waals surface area contributed by atoms with E-state index in [0.717, 1.165) is 17.1 Å². The smallest absolute Gasteiger partial charge is 0.234 e. The van der Waals surface area contributed by atoms with Crippen molar-refractivity contribution in [3.8, 4) is 0 Å². The second-order valence-electron chi connectivity index (χ2n) is 3.44. The van der Waals surface area contributed by atoms with Crippen LogP contribution in [0.4, 0.5) is 0 Å². The molecule has 0 aromatic carbocycles. The molecular weight excluding hydrogens is 180 g/mol. The minimum atomic E-state index is -0.345. The maximum atomic E-state index is 10.7. The zero-order chi connectivity index (χ0) is 10.7. The molecule has 0 unspecified atom stereocenters. The molecule has 4 heteroatoms. The maximum Gasteiger partial charge on any atom is 0.234 e. The molecular formula is C10H16N2O2. The molecule has 0 aliphatic rings. The highest BCUT2D eigenvalue weighted by atomic mass is 16.3. The van der Waals surface area contributed by atoms with Crippen molar-refractivity contribution in [2.24, 2.45) is 5.73 Å². The third kappa shape index (κ3) is 2.60. The van der Waals surface area contributed by atoms with E-state index in [2.05, 4.69) is 5.32 Å². The largest absolute Gasteiger partial charge is 0.466 e. The van der Waals surface area contributed by atoms with Crippen LogP contribution in [0.3, 0.4) is 0 Å². The number of nitrogens with two attached hydrogens (primary N) is 1. The number of rotatable bonds is 4. The molecule has 0 fully saturated rings. The number of carbonyl (C=O) groups is 1. The summed E-state index contributed by atoms with van der Waals surface area (Å²) in [4.78, 5) is 10.7. The van der Waals surface area contributed by atoms with Gasteiger partial charge in [0.05, 0.1) is 6.04 Å². The molecule has 1 heterocycles. The van der Waals surface area contributed by atoms with Gasteiger partial charge in [0.1, 0.15) is 11.5 Å². The molecule has 1 amide bonds. The molecule has 0 saturated carbocycles. The Bertz CT molecular complexity index is 331. The van der Waals surface area contributed by atoms with Crippen LogP contribution >= 0.6 is 0 Å². The van der Waals surface area contributed by atoms with Gasteiger partial charge in [0.15, 0.2) is 0 Å². The first-order chi connectivity index (χ1) is 6.50. The molecule has 0 aliphatic carbocycles. The van der Waals surface area contributed by atoms with Gasteiger partial charge in [0, 0.05) is 12.1 Å². The monoisotopic (exact) mass is 196 g/mol. The van der Waals surface area contributed by atoms with Crippen molar-refractivity contribution >= 4 is 5.91 Å². The predicted octanol–water partition coefficient (Wildman–Crippen LogP) is 0.860. The number of amides is 1. The molecule has 4 nitrogen and oxygen atoms in total. The van der Waals surface area contributed by atoms with Crippen LogP contribution in [0, 0.1) is 13.8 Å². The van der Waals surface area contributed by atoms with Crippen molar-refractivity contribution in [1.29, 1.82) is 0 Å². The minimum Gasteiger partial charge on any atom is -0.466 e. The van der Waals surface area contributed by atoms with E-state index >= 15 is 0 Å². The molecule has 0 saturated heterocycles. The molecule has 1 aromatic rings. The summed E-state index contributed by atoms with van der Waals surface area (Å²) in [5.74, 6) is 1.42. The molecule has 0 bridgehead atoms. The summed E-state index contributed by atoms with van der Waals surface area (Å²) < 4.78 is 5.35. The molecule has 0 spiro atoms. The fraction of sp³-hybridized carbons (Fsp3) is 0.500. The van der Waals surface area contributed by atoms with Crippen LogP contribution in [0.25, 0.3) is 0 Å². The Morgan fingerprint density at radius 3 is 2.71 bits per heavy atom. The van der Waals surface area contributed by atoms with Crippen LogP contribution in [0.15, 0.2) is 10.5 Å². The van der Waals surface area contributed by atoms with Crippen LogP contribution in [0.2, 0.25) is 0 Å². The number of furan rings is 1. The van der Waals surface area contributed by atoms with Gasteiger partial charge in [-0.1, -0.05) is 0 Å². The van der Waals surface area contributed by atoms with Gasteiger partial charge in [-0.25, -0.2) is 0 Å². The Hall–Kier alpha value is -1.29. The Labute approximate surface area is 83.5 Å². The molecule has 3 N–H and O–H groups in total. The van der Waals surface area contributed by atoms with Gasteiger partial charge in [-0.05, 0) is 26.8 Å².